The fraction of sp³-hybridized carbons (Fsp3) is 1.00. The van der Waals surface area contributed by atoms with Gasteiger partial charge in [0, 0.05) is 5.88 Å². The van der Waals surface area contributed by atoms with Gasteiger partial charge >= 0.3 is 0 Å². The molecule has 0 radical (unpaired) electrons. The summed E-state index contributed by atoms with van der Waals surface area (Å²) in [4.78, 5) is 0. The maximum absolute atomic E-state index is 6.22. The molecule has 0 aliphatic heterocycles. The van der Waals surface area contributed by atoms with E-state index in [1.807, 2.05) is 6.92 Å². The van der Waals surface area contributed by atoms with Crippen LogP contribution in [0.25, 0.3) is 0 Å². The van der Waals surface area contributed by atoms with E-state index >= 15 is 0 Å². The molecular formula is C14H27Cl3. The second-order valence-electron chi connectivity index (χ2n) is 5.04. The van der Waals surface area contributed by atoms with Crippen LogP contribution in [0.15, 0.2) is 0 Å². The summed E-state index contributed by atoms with van der Waals surface area (Å²) in [5, 5.41) is 0. The fourth-order valence-corrected chi connectivity index (χ4v) is 2.74. The Kier molecular flexibility index (Phi) is 11.3. The molecule has 0 heterocycles. The van der Waals surface area contributed by atoms with Crippen LogP contribution in [0.4, 0.5) is 0 Å². The maximum atomic E-state index is 6.22. The molecule has 0 aromatic carbocycles. The molecule has 0 spiro atoms. The molecule has 17 heavy (non-hydrogen) atoms. The molecule has 0 aliphatic carbocycles. The average molecular weight is 302 g/mol. The van der Waals surface area contributed by atoms with Crippen LogP contribution in [0.5, 0.6) is 0 Å². The van der Waals surface area contributed by atoms with Gasteiger partial charge in [0.1, 0.15) is 4.33 Å². The van der Waals surface area contributed by atoms with Crippen molar-refractivity contribution in [3.63, 3.8) is 0 Å². The Bertz CT molecular complexity index is 163. The minimum Gasteiger partial charge on any atom is -0.127 e. The third kappa shape index (κ3) is 10.5. The quantitative estimate of drug-likeness (QED) is 0.299. The van der Waals surface area contributed by atoms with E-state index in [0.717, 1.165) is 19.3 Å². The van der Waals surface area contributed by atoms with E-state index < -0.39 is 4.33 Å². The summed E-state index contributed by atoms with van der Waals surface area (Å²) in [7, 11) is 0. The zero-order valence-corrected chi connectivity index (χ0v) is 13.6. The highest BCUT2D eigenvalue weighted by atomic mass is 35.5. The summed E-state index contributed by atoms with van der Waals surface area (Å²) in [5.74, 6) is 1.09. The van der Waals surface area contributed by atoms with Crippen LogP contribution in [0, 0.1) is 5.92 Å². The smallest absolute Gasteiger partial charge is 0.118 e. The van der Waals surface area contributed by atoms with Gasteiger partial charge in [0.2, 0.25) is 0 Å². The SMILES string of the molecule is CCCCCCCCC(CCCCl)C(C)(Cl)Cl. The third-order valence-electron chi connectivity index (χ3n) is 3.31. The zero-order chi connectivity index (χ0) is 13.1. The molecule has 104 valence electrons. The summed E-state index contributed by atoms with van der Waals surface area (Å²) >= 11 is 18.2. The molecule has 0 saturated heterocycles. The minimum atomic E-state index is -0.602. The lowest BCUT2D eigenvalue weighted by molar-refractivity contribution is 0.391. The first-order valence-corrected chi connectivity index (χ1v) is 8.25. The summed E-state index contributed by atoms with van der Waals surface area (Å²) < 4.78 is -0.602. The molecule has 0 nitrogen and oxygen atoms in total. The molecule has 0 aliphatic rings. The second-order valence-corrected chi connectivity index (χ2v) is 7.18. The third-order valence-corrected chi connectivity index (χ3v) is 4.19. The van der Waals surface area contributed by atoms with Gasteiger partial charge in [0.05, 0.1) is 0 Å². The van der Waals surface area contributed by atoms with Crippen molar-refractivity contribution in [1.29, 1.82) is 0 Å². The van der Waals surface area contributed by atoms with E-state index in [9.17, 15) is 0 Å². The minimum absolute atomic E-state index is 0.385. The highest BCUT2D eigenvalue weighted by molar-refractivity contribution is 6.48. The molecule has 1 unspecified atom stereocenters. The van der Waals surface area contributed by atoms with E-state index in [1.54, 1.807) is 0 Å². The van der Waals surface area contributed by atoms with Crippen LogP contribution in [0.1, 0.15) is 71.6 Å². The summed E-state index contributed by atoms with van der Waals surface area (Å²) in [6, 6.07) is 0. The van der Waals surface area contributed by atoms with E-state index in [2.05, 4.69) is 6.92 Å². The number of hydrogen-bond acceptors (Lipinski definition) is 0. The van der Waals surface area contributed by atoms with Gasteiger partial charge in [-0.05, 0) is 32.1 Å². The zero-order valence-electron chi connectivity index (χ0n) is 11.3. The van der Waals surface area contributed by atoms with Gasteiger partial charge in [-0.3, -0.25) is 0 Å². The molecule has 0 rings (SSSR count). The maximum Gasteiger partial charge on any atom is 0.118 e. The average Bonchev–Trinajstić information content (AvgIpc) is 2.25. The first-order chi connectivity index (χ1) is 8.02. The van der Waals surface area contributed by atoms with E-state index in [-0.39, 0.29) is 0 Å². The summed E-state index contributed by atoms with van der Waals surface area (Å²) in [6.07, 6.45) is 11.1. The predicted molar refractivity (Wildman–Crippen MR) is 81.5 cm³/mol. The molecule has 0 amide bonds. The topological polar surface area (TPSA) is 0 Å². The fourth-order valence-electron chi connectivity index (χ4n) is 2.15. The molecule has 0 saturated carbocycles. The van der Waals surface area contributed by atoms with Crippen molar-refractivity contribution in [3.8, 4) is 0 Å². The molecule has 3 heteroatoms. The number of hydrogen-bond donors (Lipinski definition) is 0. The van der Waals surface area contributed by atoms with Gasteiger partial charge < -0.3 is 0 Å². The van der Waals surface area contributed by atoms with Crippen molar-refractivity contribution in [2.45, 2.75) is 76.0 Å². The summed E-state index contributed by atoms with van der Waals surface area (Å²) in [5.41, 5.74) is 0. The first-order valence-electron chi connectivity index (χ1n) is 6.96. The van der Waals surface area contributed by atoms with Gasteiger partial charge in [-0.2, -0.15) is 0 Å². The van der Waals surface area contributed by atoms with Crippen LogP contribution in [0.2, 0.25) is 0 Å². The number of rotatable bonds is 11. The molecule has 1 atom stereocenters. The van der Waals surface area contributed by atoms with Crippen molar-refractivity contribution in [2.24, 2.45) is 5.92 Å². The van der Waals surface area contributed by atoms with Crippen LogP contribution in [-0.2, 0) is 0 Å². The number of unbranched alkanes of at least 4 members (excludes halogenated alkanes) is 5. The summed E-state index contributed by atoms with van der Waals surface area (Å²) in [6.45, 7) is 4.15. The van der Waals surface area contributed by atoms with Gasteiger partial charge in [0.15, 0.2) is 0 Å². The molecule has 0 aromatic heterocycles. The highest BCUT2D eigenvalue weighted by Gasteiger charge is 2.28. The van der Waals surface area contributed by atoms with Gasteiger partial charge in [-0.15, -0.1) is 34.8 Å². The lowest BCUT2D eigenvalue weighted by Gasteiger charge is -2.26. The molecule has 0 aromatic rings. The van der Waals surface area contributed by atoms with Crippen molar-refractivity contribution >= 4 is 34.8 Å². The lowest BCUT2D eigenvalue weighted by atomic mass is 9.93. The van der Waals surface area contributed by atoms with E-state index in [0.29, 0.717) is 11.8 Å². The van der Waals surface area contributed by atoms with Crippen LogP contribution >= 0.6 is 34.8 Å². The van der Waals surface area contributed by atoms with E-state index in [4.69, 9.17) is 34.8 Å². The first kappa shape index (κ1) is 17.9. The number of alkyl halides is 3. The Labute approximate surface area is 122 Å². The van der Waals surface area contributed by atoms with Crippen LogP contribution in [0.3, 0.4) is 0 Å². The molecule has 0 N–H and O–H groups in total. The molecule has 0 fully saturated rings. The predicted octanol–water partition coefficient (Wildman–Crippen LogP) is 6.57. The normalized spacial score (nSPS) is 13.9. The van der Waals surface area contributed by atoms with Gasteiger partial charge in [-0.1, -0.05) is 45.4 Å². The Hall–Kier alpha value is 0.870. The van der Waals surface area contributed by atoms with Crippen molar-refractivity contribution in [2.75, 3.05) is 5.88 Å². The van der Waals surface area contributed by atoms with Crippen molar-refractivity contribution in [3.05, 3.63) is 0 Å². The second kappa shape index (κ2) is 10.8. The van der Waals surface area contributed by atoms with Gasteiger partial charge in [0.25, 0.3) is 0 Å². The largest absolute Gasteiger partial charge is 0.127 e. The Morgan fingerprint density at radius 2 is 1.41 bits per heavy atom. The van der Waals surface area contributed by atoms with Crippen molar-refractivity contribution in [1.82, 2.24) is 0 Å². The van der Waals surface area contributed by atoms with Crippen LogP contribution in [-0.4, -0.2) is 10.2 Å². The van der Waals surface area contributed by atoms with Crippen molar-refractivity contribution < 1.29 is 0 Å². The molecular weight excluding hydrogens is 275 g/mol. The highest BCUT2D eigenvalue weighted by Crippen LogP contribution is 2.36. The van der Waals surface area contributed by atoms with Gasteiger partial charge in [-0.25, -0.2) is 0 Å². The Morgan fingerprint density at radius 1 is 0.882 bits per heavy atom. The molecule has 0 bridgehead atoms. The standard InChI is InChI=1S/C14H27Cl3/c1-3-4-5-6-7-8-10-13(11-9-12-15)14(2,16)17/h13H,3-12H2,1-2H3. The Balaban J connectivity index is 3.69. The Morgan fingerprint density at radius 3 is 1.94 bits per heavy atom. The number of halogens is 3. The monoisotopic (exact) mass is 300 g/mol. The van der Waals surface area contributed by atoms with E-state index in [1.165, 1.54) is 38.5 Å². The van der Waals surface area contributed by atoms with Crippen LogP contribution < -0.4 is 0 Å². The lowest BCUT2D eigenvalue weighted by Crippen LogP contribution is -2.22.